The molecule has 0 saturated heterocycles. The Morgan fingerprint density at radius 1 is 1.04 bits per heavy atom. The fourth-order valence-corrected chi connectivity index (χ4v) is 3.75. The first-order valence-corrected chi connectivity index (χ1v) is 10.2. The Bertz CT molecular complexity index is 914. The SMILES string of the molecule is COc1cccc2c(C)cc(SCCOc3ccc(C(C)(C)C)cc3)nc12. The van der Waals surface area contributed by atoms with E-state index in [2.05, 4.69) is 64.1 Å². The van der Waals surface area contributed by atoms with E-state index >= 15 is 0 Å². The molecular weight excluding hydrogens is 354 g/mol. The fraction of sp³-hybridized carbons (Fsp3) is 0.348. The van der Waals surface area contributed by atoms with Crippen LogP contribution in [-0.2, 0) is 5.41 Å². The van der Waals surface area contributed by atoms with Gasteiger partial charge in [-0.15, -0.1) is 11.8 Å². The lowest BCUT2D eigenvalue weighted by atomic mass is 9.87. The van der Waals surface area contributed by atoms with E-state index in [1.54, 1.807) is 18.9 Å². The summed E-state index contributed by atoms with van der Waals surface area (Å²) in [7, 11) is 1.68. The predicted molar refractivity (Wildman–Crippen MR) is 114 cm³/mol. The highest BCUT2D eigenvalue weighted by atomic mass is 32.2. The molecule has 3 rings (SSSR count). The van der Waals surface area contributed by atoms with Gasteiger partial charge in [-0.2, -0.15) is 0 Å². The molecule has 0 atom stereocenters. The number of thioether (sulfide) groups is 1. The molecule has 0 bridgehead atoms. The van der Waals surface area contributed by atoms with E-state index in [0.29, 0.717) is 6.61 Å². The quantitative estimate of drug-likeness (QED) is 0.386. The van der Waals surface area contributed by atoms with Gasteiger partial charge in [-0.3, -0.25) is 0 Å². The third kappa shape index (κ3) is 4.75. The predicted octanol–water partition coefficient (Wildman–Crippen LogP) is 6.02. The van der Waals surface area contributed by atoms with Crippen LogP contribution in [0.2, 0.25) is 0 Å². The van der Waals surface area contributed by atoms with Crippen molar-refractivity contribution in [2.75, 3.05) is 19.5 Å². The second-order valence-electron chi connectivity index (χ2n) is 7.61. The molecule has 27 heavy (non-hydrogen) atoms. The average Bonchev–Trinajstić information content (AvgIpc) is 2.64. The number of fused-ring (bicyclic) bond motifs is 1. The maximum atomic E-state index is 5.88. The van der Waals surface area contributed by atoms with Crippen molar-refractivity contribution >= 4 is 22.7 Å². The molecular formula is C23H27NO2S. The normalized spacial score (nSPS) is 11.6. The standard InChI is InChI=1S/C23H27NO2S/c1-16-15-21(24-22-19(16)7-6-8-20(22)25-5)27-14-13-26-18-11-9-17(10-12-18)23(2,3)4/h6-12,15H,13-14H2,1-5H3. The Balaban J connectivity index is 1.61. The van der Waals surface area contributed by atoms with E-state index in [0.717, 1.165) is 33.2 Å². The molecule has 1 aromatic heterocycles. The first-order valence-electron chi connectivity index (χ1n) is 9.19. The topological polar surface area (TPSA) is 31.4 Å². The van der Waals surface area contributed by atoms with Crippen LogP contribution in [0.5, 0.6) is 11.5 Å². The zero-order valence-corrected chi connectivity index (χ0v) is 17.5. The molecule has 1 heterocycles. The monoisotopic (exact) mass is 381 g/mol. The highest BCUT2D eigenvalue weighted by molar-refractivity contribution is 7.99. The molecule has 3 aromatic rings. The smallest absolute Gasteiger partial charge is 0.145 e. The molecule has 0 N–H and O–H groups in total. The number of hydrogen-bond donors (Lipinski definition) is 0. The molecule has 3 nitrogen and oxygen atoms in total. The Hall–Kier alpha value is -2.20. The van der Waals surface area contributed by atoms with Gasteiger partial charge >= 0.3 is 0 Å². The molecule has 0 amide bonds. The van der Waals surface area contributed by atoms with E-state index in [1.165, 1.54) is 11.1 Å². The lowest BCUT2D eigenvalue weighted by Gasteiger charge is -2.19. The van der Waals surface area contributed by atoms with Crippen LogP contribution < -0.4 is 9.47 Å². The third-order valence-electron chi connectivity index (χ3n) is 4.53. The number of rotatable bonds is 6. The maximum Gasteiger partial charge on any atom is 0.145 e. The number of pyridine rings is 1. The Labute approximate surface area is 166 Å². The van der Waals surface area contributed by atoms with Crippen molar-refractivity contribution in [3.63, 3.8) is 0 Å². The van der Waals surface area contributed by atoms with Crippen molar-refractivity contribution in [3.8, 4) is 11.5 Å². The molecule has 142 valence electrons. The van der Waals surface area contributed by atoms with Crippen molar-refractivity contribution in [2.45, 2.75) is 38.1 Å². The zero-order valence-electron chi connectivity index (χ0n) is 16.7. The van der Waals surface area contributed by atoms with Gasteiger partial charge < -0.3 is 9.47 Å². The van der Waals surface area contributed by atoms with Crippen LogP contribution in [0.4, 0.5) is 0 Å². The molecule has 0 saturated carbocycles. The second-order valence-corrected chi connectivity index (χ2v) is 8.72. The van der Waals surface area contributed by atoms with Gasteiger partial charge in [-0.25, -0.2) is 4.98 Å². The molecule has 0 aliphatic carbocycles. The summed E-state index contributed by atoms with van der Waals surface area (Å²) in [4.78, 5) is 4.77. The number of nitrogens with zero attached hydrogens (tertiary/aromatic N) is 1. The van der Waals surface area contributed by atoms with E-state index in [9.17, 15) is 0 Å². The summed E-state index contributed by atoms with van der Waals surface area (Å²) in [5.41, 5.74) is 3.60. The van der Waals surface area contributed by atoms with Gasteiger partial charge in [0.25, 0.3) is 0 Å². The molecule has 0 fully saturated rings. The van der Waals surface area contributed by atoms with Crippen molar-refractivity contribution in [1.82, 2.24) is 4.98 Å². The molecule has 2 aromatic carbocycles. The lowest BCUT2D eigenvalue weighted by Crippen LogP contribution is -2.10. The summed E-state index contributed by atoms with van der Waals surface area (Å²) in [6.07, 6.45) is 0. The van der Waals surface area contributed by atoms with Crippen LogP contribution in [0.15, 0.2) is 53.6 Å². The average molecular weight is 382 g/mol. The van der Waals surface area contributed by atoms with Gasteiger partial charge in [0.15, 0.2) is 0 Å². The van der Waals surface area contributed by atoms with Crippen LogP contribution in [0.1, 0.15) is 31.9 Å². The summed E-state index contributed by atoms with van der Waals surface area (Å²) in [5.74, 6) is 2.56. The molecule has 0 aliphatic heterocycles. The van der Waals surface area contributed by atoms with Crippen LogP contribution in [0, 0.1) is 6.92 Å². The summed E-state index contributed by atoms with van der Waals surface area (Å²) in [6.45, 7) is 9.40. The minimum absolute atomic E-state index is 0.162. The van der Waals surface area contributed by atoms with Gasteiger partial charge in [-0.1, -0.05) is 45.0 Å². The van der Waals surface area contributed by atoms with Gasteiger partial charge in [0.05, 0.1) is 18.7 Å². The largest absolute Gasteiger partial charge is 0.494 e. The highest BCUT2D eigenvalue weighted by Crippen LogP contribution is 2.29. The summed E-state index contributed by atoms with van der Waals surface area (Å²) in [5, 5.41) is 2.13. The van der Waals surface area contributed by atoms with Crippen molar-refractivity contribution < 1.29 is 9.47 Å². The van der Waals surface area contributed by atoms with Crippen LogP contribution in [0.3, 0.4) is 0 Å². The molecule has 0 unspecified atom stereocenters. The fourth-order valence-electron chi connectivity index (χ4n) is 2.96. The highest BCUT2D eigenvalue weighted by Gasteiger charge is 2.13. The number of hydrogen-bond acceptors (Lipinski definition) is 4. The second kappa shape index (κ2) is 8.22. The summed E-state index contributed by atoms with van der Waals surface area (Å²) >= 11 is 1.70. The van der Waals surface area contributed by atoms with Crippen LogP contribution >= 0.6 is 11.8 Å². The first kappa shape index (κ1) is 19.6. The number of aryl methyl sites for hydroxylation is 1. The number of ether oxygens (including phenoxy) is 2. The Morgan fingerprint density at radius 2 is 1.78 bits per heavy atom. The van der Waals surface area contributed by atoms with Gasteiger partial charge in [0.2, 0.25) is 0 Å². The Kier molecular flexibility index (Phi) is 5.95. The zero-order chi connectivity index (χ0) is 19.4. The number of methoxy groups -OCH3 is 1. The van der Waals surface area contributed by atoms with Gasteiger partial charge in [0.1, 0.15) is 17.0 Å². The summed E-state index contributed by atoms with van der Waals surface area (Å²) < 4.78 is 11.3. The molecule has 0 aliphatic rings. The van der Waals surface area contributed by atoms with Gasteiger partial charge in [0, 0.05) is 11.1 Å². The lowest BCUT2D eigenvalue weighted by molar-refractivity contribution is 0.343. The minimum Gasteiger partial charge on any atom is -0.494 e. The van der Waals surface area contributed by atoms with E-state index in [-0.39, 0.29) is 5.41 Å². The van der Waals surface area contributed by atoms with Crippen molar-refractivity contribution in [3.05, 3.63) is 59.7 Å². The number of benzene rings is 2. The summed E-state index contributed by atoms with van der Waals surface area (Å²) in [6, 6.07) is 16.5. The van der Waals surface area contributed by atoms with Crippen molar-refractivity contribution in [2.24, 2.45) is 0 Å². The first-order chi connectivity index (χ1) is 12.9. The Morgan fingerprint density at radius 3 is 2.44 bits per heavy atom. The van der Waals surface area contributed by atoms with E-state index < -0.39 is 0 Å². The van der Waals surface area contributed by atoms with Crippen molar-refractivity contribution in [1.29, 1.82) is 0 Å². The number of aromatic nitrogens is 1. The molecule has 0 radical (unpaired) electrons. The van der Waals surface area contributed by atoms with E-state index in [1.807, 2.05) is 12.1 Å². The molecule has 0 spiro atoms. The molecule has 4 heteroatoms. The van der Waals surface area contributed by atoms with E-state index in [4.69, 9.17) is 14.5 Å². The maximum absolute atomic E-state index is 5.88. The third-order valence-corrected chi connectivity index (χ3v) is 5.40. The van der Waals surface area contributed by atoms with Crippen LogP contribution in [0.25, 0.3) is 10.9 Å². The van der Waals surface area contributed by atoms with Gasteiger partial charge in [-0.05, 0) is 47.7 Å². The number of para-hydroxylation sites is 1. The van der Waals surface area contributed by atoms with Crippen LogP contribution in [-0.4, -0.2) is 24.5 Å². The minimum atomic E-state index is 0.162.